The molecule has 0 spiro atoms. The third-order valence-electron chi connectivity index (χ3n) is 2.90. The van der Waals surface area contributed by atoms with E-state index in [1.165, 1.54) is 5.39 Å². The molecule has 1 aromatic carbocycles. The van der Waals surface area contributed by atoms with Gasteiger partial charge in [-0.15, -0.1) is 0 Å². The van der Waals surface area contributed by atoms with E-state index < -0.39 is 0 Å². The van der Waals surface area contributed by atoms with Crippen LogP contribution in [0.25, 0.3) is 10.8 Å². The molecule has 3 heteroatoms. The maximum Gasteiger partial charge on any atom is 0.0652 e. The van der Waals surface area contributed by atoms with Crippen molar-refractivity contribution in [2.24, 2.45) is 0 Å². The number of pyridine rings is 1. The highest BCUT2D eigenvalue weighted by Gasteiger charge is 2.13. The molecular formula is C14H18N2O. The summed E-state index contributed by atoms with van der Waals surface area (Å²) in [5, 5.41) is 14.9. The average molecular weight is 230 g/mol. The lowest BCUT2D eigenvalue weighted by Gasteiger charge is -2.17. The van der Waals surface area contributed by atoms with Gasteiger partial charge in [0.1, 0.15) is 0 Å². The third kappa shape index (κ3) is 2.62. The summed E-state index contributed by atoms with van der Waals surface area (Å²) < 4.78 is 0. The fraction of sp³-hybridized carbons (Fsp3) is 0.357. The number of aliphatic hydroxyl groups excluding tert-OH is 1. The van der Waals surface area contributed by atoms with Gasteiger partial charge in [0.15, 0.2) is 0 Å². The van der Waals surface area contributed by atoms with Crippen LogP contribution in [0.4, 0.5) is 0 Å². The monoisotopic (exact) mass is 230 g/mol. The molecule has 0 radical (unpaired) electrons. The largest absolute Gasteiger partial charge is 0.396 e. The van der Waals surface area contributed by atoms with E-state index in [4.69, 9.17) is 5.11 Å². The molecule has 0 saturated carbocycles. The maximum absolute atomic E-state index is 9.13. The van der Waals surface area contributed by atoms with Gasteiger partial charge in [0.2, 0.25) is 0 Å². The summed E-state index contributed by atoms with van der Waals surface area (Å²) in [4.78, 5) is 4.47. The van der Waals surface area contributed by atoms with Gasteiger partial charge in [-0.3, -0.25) is 4.98 Å². The van der Waals surface area contributed by atoms with Crippen LogP contribution in [0.1, 0.15) is 25.1 Å². The van der Waals surface area contributed by atoms with Crippen molar-refractivity contribution < 1.29 is 5.11 Å². The van der Waals surface area contributed by atoms with Crippen LogP contribution in [0.3, 0.4) is 0 Å². The topological polar surface area (TPSA) is 45.1 Å². The third-order valence-corrected chi connectivity index (χ3v) is 2.90. The Morgan fingerprint density at radius 2 is 2.12 bits per heavy atom. The lowest BCUT2D eigenvalue weighted by atomic mass is 10.0. The van der Waals surface area contributed by atoms with Crippen LogP contribution >= 0.6 is 0 Å². The summed E-state index contributed by atoms with van der Waals surface area (Å²) in [6, 6.07) is 10.4. The first-order valence-electron chi connectivity index (χ1n) is 6.04. The summed E-state index contributed by atoms with van der Waals surface area (Å²) in [5.41, 5.74) is 1.03. The fourth-order valence-electron chi connectivity index (χ4n) is 2.13. The SMILES string of the molecule is CCNC(CCO)c1nccc2ccccc12. The van der Waals surface area contributed by atoms with Crippen LogP contribution in [0.15, 0.2) is 36.5 Å². The zero-order chi connectivity index (χ0) is 12.1. The van der Waals surface area contributed by atoms with E-state index >= 15 is 0 Å². The second-order valence-corrected chi connectivity index (χ2v) is 4.04. The van der Waals surface area contributed by atoms with Crippen molar-refractivity contribution >= 4 is 10.8 Å². The summed E-state index contributed by atoms with van der Waals surface area (Å²) in [6.07, 6.45) is 2.52. The Morgan fingerprint density at radius 3 is 2.88 bits per heavy atom. The molecule has 1 atom stereocenters. The molecule has 0 aliphatic rings. The smallest absolute Gasteiger partial charge is 0.0652 e. The number of benzene rings is 1. The highest BCUT2D eigenvalue weighted by molar-refractivity contribution is 5.84. The van der Waals surface area contributed by atoms with Crippen molar-refractivity contribution in [3.8, 4) is 0 Å². The summed E-state index contributed by atoms with van der Waals surface area (Å²) in [6.45, 7) is 3.10. The molecule has 90 valence electrons. The van der Waals surface area contributed by atoms with Gasteiger partial charge in [-0.05, 0) is 24.4 Å². The zero-order valence-corrected chi connectivity index (χ0v) is 10.1. The van der Waals surface area contributed by atoms with Crippen molar-refractivity contribution in [2.75, 3.05) is 13.2 Å². The number of rotatable bonds is 5. The molecule has 0 amide bonds. The molecule has 2 rings (SSSR count). The van der Waals surface area contributed by atoms with Crippen LogP contribution in [0, 0.1) is 0 Å². The van der Waals surface area contributed by atoms with E-state index in [9.17, 15) is 0 Å². The van der Waals surface area contributed by atoms with Crippen LogP contribution < -0.4 is 5.32 Å². The second kappa shape index (κ2) is 5.75. The summed E-state index contributed by atoms with van der Waals surface area (Å²) >= 11 is 0. The standard InChI is InChI=1S/C14H18N2O/c1-2-15-13(8-10-17)14-12-6-4-3-5-11(12)7-9-16-14/h3-7,9,13,15,17H,2,8,10H2,1H3. The Hall–Kier alpha value is -1.45. The first kappa shape index (κ1) is 12.0. The minimum atomic E-state index is 0.121. The number of hydrogen-bond acceptors (Lipinski definition) is 3. The number of nitrogens with one attached hydrogen (secondary N) is 1. The van der Waals surface area contributed by atoms with E-state index in [2.05, 4.69) is 29.4 Å². The highest BCUT2D eigenvalue weighted by atomic mass is 16.3. The lowest BCUT2D eigenvalue weighted by Crippen LogP contribution is -2.23. The van der Waals surface area contributed by atoms with E-state index in [-0.39, 0.29) is 12.6 Å². The van der Waals surface area contributed by atoms with Gasteiger partial charge >= 0.3 is 0 Å². The molecular weight excluding hydrogens is 212 g/mol. The predicted molar refractivity (Wildman–Crippen MR) is 69.9 cm³/mol. The van der Waals surface area contributed by atoms with Gasteiger partial charge in [-0.2, -0.15) is 0 Å². The predicted octanol–water partition coefficient (Wildman–Crippen LogP) is 2.27. The molecule has 1 heterocycles. The van der Waals surface area contributed by atoms with Crippen molar-refractivity contribution in [1.29, 1.82) is 0 Å². The fourth-order valence-corrected chi connectivity index (χ4v) is 2.13. The van der Waals surface area contributed by atoms with Gasteiger partial charge in [-0.25, -0.2) is 0 Å². The van der Waals surface area contributed by atoms with E-state index in [1.807, 2.05) is 24.4 Å². The minimum Gasteiger partial charge on any atom is -0.396 e. The normalized spacial score (nSPS) is 12.8. The number of fused-ring (bicyclic) bond motifs is 1. The van der Waals surface area contributed by atoms with Gasteiger partial charge in [-0.1, -0.05) is 31.2 Å². The Morgan fingerprint density at radius 1 is 1.29 bits per heavy atom. The minimum absolute atomic E-state index is 0.121. The van der Waals surface area contributed by atoms with Crippen molar-refractivity contribution in [1.82, 2.24) is 10.3 Å². The second-order valence-electron chi connectivity index (χ2n) is 4.04. The van der Waals surface area contributed by atoms with Gasteiger partial charge in [0.05, 0.1) is 11.7 Å². The van der Waals surface area contributed by atoms with Crippen molar-refractivity contribution in [2.45, 2.75) is 19.4 Å². The molecule has 2 N–H and O–H groups in total. The molecule has 1 aromatic heterocycles. The number of hydrogen-bond donors (Lipinski definition) is 2. The Bertz CT molecular complexity index is 473. The van der Waals surface area contributed by atoms with Gasteiger partial charge in [0.25, 0.3) is 0 Å². The number of nitrogens with zero attached hydrogens (tertiary/aromatic N) is 1. The molecule has 0 bridgehead atoms. The summed E-state index contributed by atoms with van der Waals surface area (Å²) in [5.74, 6) is 0. The van der Waals surface area contributed by atoms with Crippen molar-refractivity contribution in [3.63, 3.8) is 0 Å². The molecule has 17 heavy (non-hydrogen) atoms. The van der Waals surface area contributed by atoms with Crippen LogP contribution in [0.2, 0.25) is 0 Å². The molecule has 0 saturated heterocycles. The number of aromatic nitrogens is 1. The average Bonchev–Trinajstić information content (AvgIpc) is 2.38. The van der Waals surface area contributed by atoms with E-state index in [1.54, 1.807) is 0 Å². The van der Waals surface area contributed by atoms with Crippen LogP contribution in [-0.4, -0.2) is 23.2 Å². The first-order chi connectivity index (χ1) is 8.36. The Balaban J connectivity index is 2.44. The van der Waals surface area contributed by atoms with Crippen LogP contribution in [-0.2, 0) is 0 Å². The molecule has 0 aliphatic carbocycles. The molecule has 1 unspecified atom stereocenters. The van der Waals surface area contributed by atoms with E-state index in [0.717, 1.165) is 17.6 Å². The molecule has 0 aliphatic heterocycles. The quantitative estimate of drug-likeness (QED) is 0.828. The van der Waals surface area contributed by atoms with E-state index in [0.29, 0.717) is 6.42 Å². The highest BCUT2D eigenvalue weighted by Crippen LogP contribution is 2.23. The maximum atomic E-state index is 9.13. The summed E-state index contributed by atoms with van der Waals surface area (Å²) in [7, 11) is 0. The van der Waals surface area contributed by atoms with Gasteiger partial charge in [0, 0.05) is 18.2 Å². The molecule has 3 nitrogen and oxygen atoms in total. The molecule has 2 aromatic rings. The zero-order valence-electron chi connectivity index (χ0n) is 10.1. The molecule has 0 fully saturated rings. The Kier molecular flexibility index (Phi) is 4.07. The van der Waals surface area contributed by atoms with Gasteiger partial charge < -0.3 is 10.4 Å². The van der Waals surface area contributed by atoms with Crippen LogP contribution in [0.5, 0.6) is 0 Å². The number of aliphatic hydroxyl groups is 1. The lowest BCUT2D eigenvalue weighted by molar-refractivity contribution is 0.265. The van der Waals surface area contributed by atoms with Crippen molar-refractivity contribution in [3.05, 3.63) is 42.2 Å². The Labute approximate surface area is 102 Å². The first-order valence-corrected chi connectivity index (χ1v) is 6.04.